The zero-order chi connectivity index (χ0) is 21.3. The van der Waals surface area contributed by atoms with E-state index >= 15 is 0 Å². The van der Waals surface area contributed by atoms with Crippen molar-refractivity contribution in [1.82, 2.24) is 4.98 Å². The number of para-hydroxylation sites is 2. The summed E-state index contributed by atoms with van der Waals surface area (Å²) >= 11 is 1.58. The van der Waals surface area contributed by atoms with Crippen LogP contribution in [-0.4, -0.2) is 30.4 Å². The van der Waals surface area contributed by atoms with Gasteiger partial charge in [0.05, 0.1) is 21.6 Å². The molecule has 30 heavy (non-hydrogen) atoms. The molecule has 2 heterocycles. The van der Waals surface area contributed by atoms with E-state index in [4.69, 9.17) is 4.74 Å². The third kappa shape index (κ3) is 3.87. The van der Waals surface area contributed by atoms with Crippen molar-refractivity contribution in [3.63, 3.8) is 0 Å². The summed E-state index contributed by atoms with van der Waals surface area (Å²) in [5.41, 5.74) is 3.84. The fraction of sp³-hybridized carbons (Fsp3) is 0.292. The van der Waals surface area contributed by atoms with Crippen LogP contribution in [0.4, 0.5) is 5.69 Å². The van der Waals surface area contributed by atoms with Gasteiger partial charge in [-0.2, -0.15) is 0 Å². The molecule has 4 rings (SSSR count). The molecule has 1 aliphatic heterocycles. The Hall–Kier alpha value is -2.99. The summed E-state index contributed by atoms with van der Waals surface area (Å²) in [6.45, 7) is 3.94. The zero-order valence-electron chi connectivity index (χ0n) is 17.3. The minimum absolute atomic E-state index is 0.209. The summed E-state index contributed by atoms with van der Waals surface area (Å²) in [6.07, 6.45) is 2.32. The number of aryl methyl sites for hydroxylation is 1. The molecule has 6 heteroatoms. The Bertz CT molecular complexity index is 1110. The topological polar surface area (TPSA) is 59.5 Å². The van der Waals surface area contributed by atoms with Crippen molar-refractivity contribution >= 4 is 39.0 Å². The average Bonchev–Trinajstić information content (AvgIpc) is 3.24. The fourth-order valence-electron chi connectivity index (χ4n) is 3.91. The molecular weight excluding hydrogens is 396 g/mol. The third-order valence-electron chi connectivity index (χ3n) is 5.49. The standard InChI is InChI=1S/C24H24N2O3S/c1-24(2)17-8-4-6-10-19(17)26(3)21(24)14-16(27)15-29-23(28)13-12-22-25-18-9-5-7-11-20(18)30-22/h4-11,14H,12-13,15H2,1-3H3/b21-14+. The van der Waals surface area contributed by atoms with Crippen molar-refractivity contribution in [2.75, 3.05) is 18.6 Å². The Balaban J connectivity index is 1.34. The first-order valence-electron chi connectivity index (χ1n) is 9.94. The molecular formula is C24H24N2O3S. The zero-order valence-corrected chi connectivity index (χ0v) is 18.2. The fourth-order valence-corrected chi connectivity index (χ4v) is 4.88. The first kappa shape index (κ1) is 20.3. The molecule has 0 saturated heterocycles. The van der Waals surface area contributed by atoms with E-state index in [0.29, 0.717) is 6.42 Å². The summed E-state index contributed by atoms with van der Waals surface area (Å²) in [7, 11) is 1.96. The number of hydrogen-bond donors (Lipinski definition) is 0. The first-order valence-corrected chi connectivity index (χ1v) is 10.8. The third-order valence-corrected chi connectivity index (χ3v) is 6.59. The Labute approximate surface area is 180 Å². The Morgan fingerprint density at radius 3 is 2.63 bits per heavy atom. The maximum Gasteiger partial charge on any atom is 0.306 e. The number of aromatic nitrogens is 1. The second-order valence-corrected chi connectivity index (χ2v) is 9.05. The van der Waals surface area contributed by atoms with E-state index < -0.39 is 0 Å². The number of anilines is 1. The van der Waals surface area contributed by atoms with Gasteiger partial charge in [-0.05, 0) is 23.8 Å². The minimum Gasteiger partial charge on any atom is -0.457 e. The van der Waals surface area contributed by atoms with E-state index in [1.807, 2.05) is 54.4 Å². The summed E-state index contributed by atoms with van der Waals surface area (Å²) in [4.78, 5) is 31.2. The highest BCUT2D eigenvalue weighted by Gasteiger charge is 2.38. The van der Waals surface area contributed by atoms with Crippen molar-refractivity contribution in [2.45, 2.75) is 32.1 Å². The van der Waals surface area contributed by atoms with Crippen LogP contribution in [-0.2, 0) is 26.2 Å². The van der Waals surface area contributed by atoms with Gasteiger partial charge in [-0.1, -0.05) is 44.2 Å². The lowest BCUT2D eigenvalue weighted by Crippen LogP contribution is -2.25. The van der Waals surface area contributed by atoms with Crippen molar-refractivity contribution in [3.8, 4) is 0 Å². The number of ether oxygens (including phenoxy) is 1. The van der Waals surface area contributed by atoms with E-state index in [1.165, 1.54) is 5.56 Å². The normalized spacial score (nSPS) is 16.1. The van der Waals surface area contributed by atoms with Gasteiger partial charge < -0.3 is 9.64 Å². The number of likely N-dealkylation sites (N-methyl/N-ethyl adjacent to an activating group) is 1. The van der Waals surface area contributed by atoms with Crippen LogP contribution in [0.15, 0.2) is 60.3 Å². The number of rotatable bonds is 6. The quantitative estimate of drug-likeness (QED) is 0.429. The summed E-state index contributed by atoms with van der Waals surface area (Å²) < 4.78 is 6.32. The summed E-state index contributed by atoms with van der Waals surface area (Å²) in [5.74, 6) is -0.602. The number of allylic oxidation sites excluding steroid dienone is 1. The molecule has 0 unspecified atom stereocenters. The second-order valence-electron chi connectivity index (χ2n) is 7.93. The molecule has 0 fully saturated rings. The monoisotopic (exact) mass is 420 g/mol. The van der Waals surface area contributed by atoms with Crippen LogP contribution < -0.4 is 4.90 Å². The van der Waals surface area contributed by atoms with Crippen molar-refractivity contribution in [1.29, 1.82) is 0 Å². The van der Waals surface area contributed by atoms with Crippen LogP contribution in [0.2, 0.25) is 0 Å². The lowest BCUT2D eigenvalue weighted by atomic mass is 9.83. The number of esters is 1. The van der Waals surface area contributed by atoms with Crippen molar-refractivity contribution in [3.05, 3.63) is 70.9 Å². The second kappa shape index (κ2) is 8.03. The molecule has 0 atom stereocenters. The predicted molar refractivity (Wildman–Crippen MR) is 120 cm³/mol. The van der Waals surface area contributed by atoms with Gasteiger partial charge in [-0.15, -0.1) is 11.3 Å². The van der Waals surface area contributed by atoms with Crippen molar-refractivity contribution < 1.29 is 14.3 Å². The lowest BCUT2D eigenvalue weighted by Gasteiger charge is -2.23. The van der Waals surface area contributed by atoms with E-state index in [2.05, 4.69) is 24.9 Å². The Morgan fingerprint density at radius 2 is 1.87 bits per heavy atom. The van der Waals surface area contributed by atoms with E-state index in [-0.39, 0.29) is 30.2 Å². The molecule has 0 aliphatic carbocycles. The van der Waals surface area contributed by atoms with Gasteiger partial charge in [-0.25, -0.2) is 4.98 Å². The molecule has 0 amide bonds. The highest BCUT2D eigenvalue weighted by molar-refractivity contribution is 7.18. The molecule has 5 nitrogen and oxygen atoms in total. The van der Waals surface area contributed by atoms with Crippen LogP contribution >= 0.6 is 11.3 Å². The minimum atomic E-state index is -0.386. The predicted octanol–water partition coefficient (Wildman–Crippen LogP) is 4.65. The van der Waals surface area contributed by atoms with Gasteiger partial charge in [0, 0.05) is 36.3 Å². The maximum absolute atomic E-state index is 12.5. The molecule has 3 aromatic rings. The molecule has 1 aliphatic rings. The Kier molecular flexibility index (Phi) is 5.43. The SMILES string of the molecule is CN1/C(=C/C(=O)COC(=O)CCc2nc3ccccc3s2)C(C)(C)c2ccccc21. The number of fused-ring (bicyclic) bond motifs is 2. The molecule has 154 valence electrons. The van der Waals surface area contributed by atoms with Crippen LogP contribution in [0.3, 0.4) is 0 Å². The largest absolute Gasteiger partial charge is 0.457 e. The summed E-state index contributed by atoms with van der Waals surface area (Å²) in [6, 6.07) is 16.0. The molecule has 0 radical (unpaired) electrons. The highest BCUT2D eigenvalue weighted by Crippen LogP contribution is 2.46. The lowest BCUT2D eigenvalue weighted by molar-refractivity contribution is -0.146. The number of ketones is 1. The maximum atomic E-state index is 12.5. The highest BCUT2D eigenvalue weighted by atomic mass is 32.1. The molecule has 0 bridgehead atoms. The van der Waals surface area contributed by atoms with Gasteiger partial charge in [0.2, 0.25) is 0 Å². The van der Waals surface area contributed by atoms with Crippen LogP contribution in [0.25, 0.3) is 10.2 Å². The summed E-state index contributed by atoms with van der Waals surface area (Å²) in [5, 5.41) is 0.897. The van der Waals surface area contributed by atoms with E-state index in [1.54, 1.807) is 17.4 Å². The number of carbonyl (C=O) groups excluding carboxylic acids is 2. The van der Waals surface area contributed by atoms with Crippen LogP contribution in [0.1, 0.15) is 30.8 Å². The van der Waals surface area contributed by atoms with Crippen LogP contribution in [0.5, 0.6) is 0 Å². The van der Waals surface area contributed by atoms with E-state index in [9.17, 15) is 9.59 Å². The number of hydrogen-bond acceptors (Lipinski definition) is 6. The van der Waals surface area contributed by atoms with Gasteiger partial charge in [0.1, 0.15) is 0 Å². The van der Waals surface area contributed by atoms with Gasteiger partial charge in [0.15, 0.2) is 12.4 Å². The molecule has 0 N–H and O–H groups in total. The van der Waals surface area contributed by atoms with Gasteiger partial charge >= 0.3 is 5.97 Å². The van der Waals surface area contributed by atoms with Gasteiger partial charge in [0.25, 0.3) is 0 Å². The average molecular weight is 421 g/mol. The number of nitrogens with zero attached hydrogens (tertiary/aromatic N) is 2. The number of benzene rings is 2. The molecule has 2 aromatic carbocycles. The number of thiazole rings is 1. The smallest absolute Gasteiger partial charge is 0.306 e. The van der Waals surface area contributed by atoms with Crippen molar-refractivity contribution in [2.24, 2.45) is 0 Å². The van der Waals surface area contributed by atoms with Gasteiger partial charge in [-0.3, -0.25) is 9.59 Å². The first-order chi connectivity index (χ1) is 14.4. The molecule has 0 saturated carbocycles. The molecule has 0 spiro atoms. The Morgan fingerprint density at radius 1 is 1.13 bits per heavy atom. The number of carbonyl (C=O) groups is 2. The van der Waals surface area contributed by atoms with Crippen LogP contribution in [0, 0.1) is 0 Å². The molecule has 1 aromatic heterocycles. The van der Waals surface area contributed by atoms with E-state index in [0.717, 1.165) is 26.6 Å².